The van der Waals surface area contributed by atoms with Crippen molar-refractivity contribution in [1.82, 2.24) is 16.0 Å². The fraction of sp³-hybridized carbons (Fsp3) is 0.920. The first kappa shape index (κ1) is 63.7. The van der Waals surface area contributed by atoms with Gasteiger partial charge in [0.05, 0.1) is 31.5 Å². The van der Waals surface area contributed by atoms with Crippen LogP contribution in [0.2, 0.25) is 0 Å². The summed E-state index contributed by atoms with van der Waals surface area (Å²) in [5.74, 6) is -0.367. The number of Topliss-reactive ketones (excluding diaryl/α,β-unsaturated/α-hetero) is 1. The second-order valence-electron chi connectivity index (χ2n) is 19.3. The quantitative estimate of drug-likeness (QED) is 0.0399. The number of unbranched alkanes of at least 4 members (excludes halogenated alkanes) is 11. The van der Waals surface area contributed by atoms with E-state index in [1.165, 1.54) is 0 Å². The zero-order valence-corrected chi connectivity index (χ0v) is 42.6. The van der Waals surface area contributed by atoms with Gasteiger partial charge in [0, 0.05) is 77.5 Å². The van der Waals surface area contributed by atoms with Crippen LogP contribution < -0.4 is 16.0 Å². The number of amides is 3. The van der Waals surface area contributed by atoms with Gasteiger partial charge in [0.2, 0.25) is 17.7 Å². The van der Waals surface area contributed by atoms with E-state index in [4.69, 9.17) is 23.7 Å². The van der Waals surface area contributed by atoms with E-state index in [1.54, 1.807) is 21.0 Å². The summed E-state index contributed by atoms with van der Waals surface area (Å²) in [6, 6.07) is -0.634. The Hall–Kier alpha value is -2.36. The summed E-state index contributed by atoms with van der Waals surface area (Å²) in [6.45, 7) is 11.6. The molecule has 2 saturated heterocycles. The molecule has 18 nitrogen and oxygen atoms in total. The summed E-state index contributed by atoms with van der Waals surface area (Å²) in [7, 11) is 1.70. The van der Waals surface area contributed by atoms with Crippen molar-refractivity contribution in [1.29, 1.82) is 0 Å². The lowest BCUT2D eigenvalue weighted by molar-refractivity contribution is -0.282. The second-order valence-corrected chi connectivity index (χ2v) is 19.3. The van der Waals surface area contributed by atoms with Crippen LogP contribution in [0.4, 0.5) is 0 Å². The summed E-state index contributed by atoms with van der Waals surface area (Å²) in [5.41, 5.74) is 0. The Kier molecular flexibility index (Phi) is 36.8. The van der Waals surface area contributed by atoms with Gasteiger partial charge >= 0.3 is 0 Å². The number of carbonyl (C=O) groups is 4. The third-order valence-corrected chi connectivity index (χ3v) is 12.2. The zero-order valence-electron chi connectivity index (χ0n) is 42.6. The molecule has 2 aliphatic heterocycles. The first-order chi connectivity index (χ1) is 32.6. The van der Waals surface area contributed by atoms with Crippen molar-refractivity contribution >= 4 is 23.5 Å². The maximum Gasteiger partial charge on any atom is 0.220 e. The summed E-state index contributed by atoms with van der Waals surface area (Å²) in [6.07, 6.45) is 6.36. The van der Waals surface area contributed by atoms with Gasteiger partial charge in [-0.3, -0.25) is 19.2 Å². The number of hydrogen-bond donors (Lipinski definition) is 9. The minimum Gasteiger partial charge on any atom is -0.394 e. The van der Waals surface area contributed by atoms with Gasteiger partial charge in [0.15, 0.2) is 18.4 Å². The van der Waals surface area contributed by atoms with Crippen LogP contribution in [0.25, 0.3) is 0 Å². The van der Waals surface area contributed by atoms with Gasteiger partial charge in [0.25, 0.3) is 0 Å². The monoisotopic (exact) mass is 978 g/mol. The molecule has 18 heteroatoms. The summed E-state index contributed by atoms with van der Waals surface area (Å²) < 4.78 is 27.8. The van der Waals surface area contributed by atoms with Crippen LogP contribution in [-0.4, -0.2) is 163 Å². The number of methoxy groups -OCH3 is 1. The van der Waals surface area contributed by atoms with Gasteiger partial charge in [-0.15, -0.1) is 0 Å². The highest BCUT2D eigenvalue weighted by Gasteiger charge is 2.43. The minimum absolute atomic E-state index is 0.0282. The molecule has 10 unspecified atom stereocenters. The number of ether oxygens (including phenoxy) is 5. The zero-order chi connectivity index (χ0) is 50.7. The van der Waals surface area contributed by atoms with Crippen LogP contribution in [0, 0.1) is 17.8 Å². The molecule has 0 aliphatic carbocycles. The third kappa shape index (κ3) is 28.5. The molecule has 11 atom stereocenters. The SMILES string of the molecule is CC(C)C.COCCCCCCNC(=O)CCCCCCC(=O)[C@H](CCCCNC(=O)CCCCCOC1OC(CO)C(O)C(O)C1C)NC(=O)CCCCCOC1OC(CO)C(O)C(O)C1C. The van der Waals surface area contributed by atoms with Gasteiger partial charge in [0.1, 0.15) is 24.4 Å². The molecule has 0 aromatic heterocycles. The van der Waals surface area contributed by atoms with E-state index < -0.39 is 80.3 Å². The number of nitrogens with one attached hydrogen (secondary N) is 3. The third-order valence-electron chi connectivity index (χ3n) is 12.2. The van der Waals surface area contributed by atoms with E-state index in [0.29, 0.717) is 103 Å². The lowest BCUT2D eigenvalue weighted by Gasteiger charge is -2.40. The van der Waals surface area contributed by atoms with Crippen molar-refractivity contribution in [3.05, 3.63) is 0 Å². The van der Waals surface area contributed by atoms with Crippen LogP contribution in [-0.2, 0) is 42.9 Å². The Labute approximate surface area is 407 Å². The number of rotatable bonds is 37. The predicted octanol–water partition coefficient (Wildman–Crippen LogP) is 3.96. The summed E-state index contributed by atoms with van der Waals surface area (Å²) in [4.78, 5) is 51.1. The molecule has 400 valence electrons. The van der Waals surface area contributed by atoms with Crippen LogP contribution in [0.1, 0.15) is 169 Å². The predicted molar refractivity (Wildman–Crippen MR) is 258 cm³/mol. The normalized spacial score (nSPS) is 25.3. The van der Waals surface area contributed by atoms with Crippen molar-refractivity contribution < 1.29 is 73.5 Å². The van der Waals surface area contributed by atoms with E-state index in [9.17, 15) is 49.8 Å². The Balaban J connectivity index is 0.00000554. The summed E-state index contributed by atoms with van der Waals surface area (Å²) >= 11 is 0. The molecule has 0 spiro atoms. The number of carbonyl (C=O) groups excluding carboxylic acids is 4. The molecule has 0 bridgehead atoms. The van der Waals surface area contributed by atoms with Crippen LogP contribution in [0.15, 0.2) is 0 Å². The number of ketones is 1. The number of aliphatic hydroxyl groups is 6. The molecule has 0 aromatic carbocycles. The van der Waals surface area contributed by atoms with Crippen molar-refractivity contribution in [2.24, 2.45) is 17.8 Å². The highest BCUT2D eigenvalue weighted by atomic mass is 16.7. The van der Waals surface area contributed by atoms with Crippen molar-refractivity contribution in [3.63, 3.8) is 0 Å². The largest absolute Gasteiger partial charge is 0.394 e. The molecule has 0 saturated carbocycles. The van der Waals surface area contributed by atoms with E-state index in [2.05, 4.69) is 36.7 Å². The molecule has 0 radical (unpaired) electrons. The lowest BCUT2D eigenvalue weighted by Crippen LogP contribution is -2.55. The molecule has 0 aromatic rings. The van der Waals surface area contributed by atoms with Crippen molar-refractivity contribution in [2.75, 3.05) is 53.2 Å². The molecular weight excluding hydrogens is 883 g/mol. The molecule has 9 N–H and O–H groups in total. The maximum atomic E-state index is 13.4. The molecule has 68 heavy (non-hydrogen) atoms. The van der Waals surface area contributed by atoms with Gasteiger partial charge in [-0.05, 0) is 76.5 Å². The second kappa shape index (κ2) is 39.3. The molecule has 2 rings (SSSR count). The van der Waals surface area contributed by atoms with Crippen LogP contribution in [0.3, 0.4) is 0 Å². The van der Waals surface area contributed by atoms with Crippen LogP contribution in [0.5, 0.6) is 0 Å². The Morgan fingerprint density at radius 3 is 1.35 bits per heavy atom. The standard InChI is InChI=1S/C46H85N3O15.C4H10/c1-32-41(56)43(58)36(30-50)63-45(32)61-28-18-8-12-23-39(54)48-26-16-14-20-34(35(52)21-10-4-5-11-22-38(53)47-25-15-6-7-17-27-60-3)49-40(55)24-13-9-19-29-62-46-33(2)42(57)44(59)37(31-51)64-46;1-4(2)3/h32-34,36-37,41-46,50-51,56-59H,4-31H2,1-3H3,(H,47,53)(H,48,54)(H,49,55);4H,1-3H3/t32?,33?,34-,36?,37?,41?,42?,43?,44?,45?,46?;/m0./s1. The highest BCUT2D eigenvalue weighted by Crippen LogP contribution is 2.28. The van der Waals surface area contributed by atoms with E-state index in [-0.39, 0.29) is 29.9 Å². The number of hydrogen-bond acceptors (Lipinski definition) is 15. The van der Waals surface area contributed by atoms with E-state index in [1.807, 2.05) is 0 Å². The van der Waals surface area contributed by atoms with E-state index in [0.717, 1.165) is 63.9 Å². The summed E-state index contributed by atoms with van der Waals surface area (Å²) in [5, 5.41) is 68.2. The van der Waals surface area contributed by atoms with Crippen LogP contribution >= 0.6 is 0 Å². The molecule has 2 heterocycles. The fourth-order valence-electron chi connectivity index (χ4n) is 7.87. The van der Waals surface area contributed by atoms with Gasteiger partial charge < -0.3 is 70.3 Å². The average molecular weight is 978 g/mol. The molecule has 3 amide bonds. The molecule has 2 fully saturated rings. The van der Waals surface area contributed by atoms with Crippen molar-refractivity contribution in [2.45, 2.75) is 225 Å². The Morgan fingerprint density at radius 1 is 0.515 bits per heavy atom. The smallest absolute Gasteiger partial charge is 0.220 e. The number of aliphatic hydroxyl groups excluding tert-OH is 6. The molecular formula is C50H95N3O15. The maximum absolute atomic E-state index is 13.4. The average Bonchev–Trinajstić information content (AvgIpc) is 3.30. The van der Waals surface area contributed by atoms with E-state index >= 15 is 0 Å². The topological polar surface area (TPSA) is 272 Å². The highest BCUT2D eigenvalue weighted by molar-refractivity contribution is 5.89. The minimum atomic E-state index is -1.19. The Bertz CT molecular complexity index is 1310. The van der Waals surface area contributed by atoms with Gasteiger partial charge in [-0.1, -0.05) is 73.1 Å². The van der Waals surface area contributed by atoms with Gasteiger partial charge in [-0.2, -0.15) is 0 Å². The Morgan fingerprint density at radius 2 is 0.897 bits per heavy atom. The van der Waals surface area contributed by atoms with Gasteiger partial charge in [-0.25, -0.2) is 0 Å². The fourth-order valence-corrected chi connectivity index (χ4v) is 7.87. The lowest BCUT2D eigenvalue weighted by atomic mass is 9.92. The molecule has 2 aliphatic rings. The first-order valence-corrected chi connectivity index (χ1v) is 25.9. The first-order valence-electron chi connectivity index (χ1n) is 25.9. The van der Waals surface area contributed by atoms with Crippen molar-refractivity contribution in [3.8, 4) is 0 Å².